The Morgan fingerprint density at radius 1 is 1.38 bits per heavy atom. The molecule has 0 aromatic carbocycles. The van der Waals surface area contributed by atoms with Crippen molar-refractivity contribution in [2.45, 2.75) is 57.9 Å². The third-order valence-corrected chi connectivity index (χ3v) is 4.63. The van der Waals surface area contributed by atoms with Gasteiger partial charge in [0.1, 0.15) is 4.90 Å². The van der Waals surface area contributed by atoms with Crippen molar-refractivity contribution >= 4 is 25.7 Å². The van der Waals surface area contributed by atoms with Crippen molar-refractivity contribution in [3.05, 3.63) is 17.5 Å². The molecule has 0 atom stereocenters. The minimum absolute atomic E-state index is 0.0953. The lowest BCUT2D eigenvalue weighted by atomic mass is 9.92. The predicted octanol–water partition coefficient (Wildman–Crippen LogP) is 2.97. The average Bonchev–Trinajstić information content (AvgIpc) is 2.63. The van der Waals surface area contributed by atoms with Gasteiger partial charge in [-0.05, 0) is 19.9 Å². The van der Waals surface area contributed by atoms with Crippen LogP contribution < -0.4 is 0 Å². The van der Waals surface area contributed by atoms with Gasteiger partial charge in [0.25, 0.3) is 9.05 Å². The first-order valence-electron chi connectivity index (χ1n) is 6.79. The highest BCUT2D eigenvalue weighted by molar-refractivity contribution is 8.13. The van der Waals surface area contributed by atoms with Gasteiger partial charge in [0.2, 0.25) is 0 Å². The van der Waals surface area contributed by atoms with Crippen LogP contribution in [0.2, 0.25) is 0 Å². The minimum atomic E-state index is -3.81. The van der Waals surface area contributed by atoms with Gasteiger partial charge >= 0.3 is 5.97 Å². The van der Waals surface area contributed by atoms with Crippen molar-refractivity contribution in [3.63, 3.8) is 0 Å². The number of rotatable bonds is 5. The van der Waals surface area contributed by atoms with Crippen molar-refractivity contribution in [2.75, 3.05) is 6.61 Å². The Kier molecular flexibility index (Phi) is 5.50. The van der Waals surface area contributed by atoms with Crippen LogP contribution in [0.4, 0.5) is 0 Å². The maximum absolute atomic E-state index is 11.6. The molecule has 0 unspecified atom stereocenters. The number of carbonyl (C=O) groups excluding carboxylic acids is 1. The van der Waals surface area contributed by atoms with Crippen LogP contribution in [0.25, 0.3) is 0 Å². The summed E-state index contributed by atoms with van der Waals surface area (Å²) >= 11 is 0. The molecule has 1 aromatic heterocycles. The van der Waals surface area contributed by atoms with Gasteiger partial charge in [-0.2, -0.15) is 0 Å². The zero-order chi connectivity index (χ0) is 16.4. The molecule has 0 radical (unpaired) electrons. The summed E-state index contributed by atoms with van der Waals surface area (Å²) in [5, 5.41) is 0. The molecule has 0 spiro atoms. The SMILES string of the molecule is CCOC(=O)CCn1c(C(C)(C)C)cc(S(=O)(=O)Cl)c1C. The third kappa shape index (κ3) is 4.48. The fourth-order valence-electron chi connectivity index (χ4n) is 2.21. The van der Waals surface area contributed by atoms with Gasteiger partial charge in [-0.25, -0.2) is 8.42 Å². The Morgan fingerprint density at radius 2 is 1.95 bits per heavy atom. The van der Waals surface area contributed by atoms with E-state index < -0.39 is 9.05 Å². The van der Waals surface area contributed by atoms with Gasteiger partial charge in [-0.3, -0.25) is 4.79 Å². The Morgan fingerprint density at radius 3 is 2.38 bits per heavy atom. The summed E-state index contributed by atoms with van der Waals surface area (Å²) in [7, 11) is 1.67. The molecule has 0 bridgehead atoms. The van der Waals surface area contributed by atoms with Crippen LogP contribution in [0.15, 0.2) is 11.0 Å². The van der Waals surface area contributed by atoms with Crippen molar-refractivity contribution in [3.8, 4) is 0 Å². The van der Waals surface area contributed by atoms with Crippen LogP contribution in [-0.4, -0.2) is 25.6 Å². The smallest absolute Gasteiger partial charge is 0.307 e. The number of carbonyl (C=O) groups is 1. The maximum atomic E-state index is 11.6. The number of nitrogens with zero attached hydrogens (tertiary/aromatic N) is 1. The van der Waals surface area contributed by atoms with Crippen molar-refractivity contribution < 1.29 is 17.9 Å². The molecule has 0 saturated heterocycles. The summed E-state index contributed by atoms with van der Waals surface area (Å²) in [5.74, 6) is -0.305. The normalized spacial score (nSPS) is 12.5. The summed E-state index contributed by atoms with van der Waals surface area (Å²) < 4.78 is 30.0. The molecule has 0 aliphatic heterocycles. The van der Waals surface area contributed by atoms with E-state index in [9.17, 15) is 13.2 Å². The molecule has 1 rings (SSSR count). The first-order chi connectivity index (χ1) is 9.48. The van der Waals surface area contributed by atoms with E-state index in [-0.39, 0.29) is 22.7 Å². The van der Waals surface area contributed by atoms with Gasteiger partial charge in [-0.1, -0.05) is 20.8 Å². The number of aromatic nitrogens is 1. The Bertz CT molecular complexity index is 626. The lowest BCUT2D eigenvalue weighted by molar-refractivity contribution is -0.143. The van der Waals surface area contributed by atoms with Crippen molar-refractivity contribution in [1.82, 2.24) is 4.57 Å². The number of esters is 1. The number of hydrogen-bond donors (Lipinski definition) is 0. The van der Waals surface area contributed by atoms with Crippen molar-refractivity contribution in [2.24, 2.45) is 0 Å². The first kappa shape index (κ1) is 18.0. The number of halogens is 1. The molecule has 120 valence electrons. The fraction of sp³-hybridized carbons (Fsp3) is 0.643. The lowest BCUT2D eigenvalue weighted by Crippen LogP contribution is -2.20. The van der Waals surface area contributed by atoms with E-state index in [1.54, 1.807) is 19.9 Å². The molecule has 1 aromatic rings. The molecule has 0 saturated carbocycles. The van der Waals surface area contributed by atoms with Gasteiger partial charge in [-0.15, -0.1) is 0 Å². The van der Waals surface area contributed by atoms with Crippen LogP contribution in [0.1, 0.15) is 45.5 Å². The summed E-state index contributed by atoms with van der Waals surface area (Å²) in [5.41, 5.74) is 1.10. The molecule has 7 heteroatoms. The topological polar surface area (TPSA) is 65.4 Å². The molecule has 0 aliphatic rings. The molecular formula is C14H22ClNO4S. The zero-order valence-electron chi connectivity index (χ0n) is 13.1. The minimum Gasteiger partial charge on any atom is -0.466 e. The second-order valence-electron chi connectivity index (χ2n) is 5.87. The van der Waals surface area contributed by atoms with E-state index in [1.807, 2.05) is 25.3 Å². The van der Waals surface area contributed by atoms with Crippen LogP contribution in [0.5, 0.6) is 0 Å². The van der Waals surface area contributed by atoms with Gasteiger partial charge in [0.15, 0.2) is 0 Å². The highest BCUT2D eigenvalue weighted by atomic mass is 35.7. The van der Waals surface area contributed by atoms with E-state index in [1.165, 1.54) is 0 Å². The largest absolute Gasteiger partial charge is 0.466 e. The Balaban J connectivity index is 3.23. The molecule has 1 heterocycles. The second-order valence-corrected chi connectivity index (χ2v) is 8.41. The summed E-state index contributed by atoms with van der Waals surface area (Å²) in [6.07, 6.45) is 0.189. The third-order valence-electron chi connectivity index (χ3n) is 3.20. The highest BCUT2D eigenvalue weighted by Crippen LogP contribution is 2.31. The average molecular weight is 336 g/mol. The molecule has 0 amide bonds. The highest BCUT2D eigenvalue weighted by Gasteiger charge is 2.27. The van der Waals surface area contributed by atoms with E-state index in [4.69, 9.17) is 15.4 Å². The molecule has 0 aliphatic carbocycles. The van der Waals surface area contributed by atoms with Crippen LogP contribution in [0.3, 0.4) is 0 Å². The monoisotopic (exact) mass is 335 g/mol. The van der Waals surface area contributed by atoms with E-state index >= 15 is 0 Å². The Labute approximate surface area is 130 Å². The molecular weight excluding hydrogens is 314 g/mol. The Hall–Kier alpha value is -1.01. The first-order valence-corrected chi connectivity index (χ1v) is 9.10. The second kappa shape index (κ2) is 6.40. The molecule has 0 N–H and O–H groups in total. The quantitative estimate of drug-likeness (QED) is 0.613. The van der Waals surface area contributed by atoms with E-state index in [2.05, 4.69) is 0 Å². The van der Waals surface area contributed by atoms with Crippen LogP contribution >= 0.6 is 10.7 Å². The van der Waals surface area contributed by atoms with Gasteiger partial charge < -0.3 is 9.30 Å². The van der Waals surface area contributed by atoms with Gasteiger partial charge in [0, 0.05) is 34.0 Å². The van der Waals surface area contributed by atoms with Crippen molar-refractivity contribution in [1.29, 1.82) is 0 Å². The van der Waals surface area contributed by atoms with Crippen LogP contribution in [0, 0.1) is 6.92 Å². The zero-order valence-corrected chi connectivity index (χ0v) is 14.6. The van der Waals surface area contributed by atoms with E-state index in [0.717, 1.165) is 5.69 Å². The summed E-state index contributed by atoms with van der Waals surface area (Å²) in [4.78, 5) is 11.6. The fourth-order valence-corrected chi connectivity index (χ4v) is 3.40. The molecule has 5 nitrogen and oxygen atoms in total. The summed E-state index contributed by atoms with van der Waals surface area (Å²) in [6.45, 7) is 10.1. The number of hydrogen-bond acceptors (Lipinski definition) is 4. The molecule has 21 heavy (non-hydrogen) atoms. The van der Waals surface area contributed by atoms with E-state index in [0.29, 0.717) is 18.8 Å². The summed E-state index contributed by atoms with van der Waals surface area (Å²) in [6, 6.07) is 1.59. The standard InChI is InChI=1S/C14H22ClNO4S/c1-6-20-13(17)7-8-16-10(2)11(21(15,18)19)9-12(16)14(3,4)5/h9H,6-8H2,1-5H3. The maximum Gasteiger partial charge on any atom is 0.307 e. The lowest BCUT2D eigenvalue weighted by Gasteiger charge is -2.22. The molecule has 0 fully saturated rings. The number of ether oxygens (including phenoxy) is 1. The predicted molar refractivity (Wildman–Crippen MR) is 82.2 cm³/mol. The van der Waals surface area contributed by atoms with Crippen LogP contribution in [-0.2, 0) is 30.5 Å². The van der Waals surface area contributed by atoms with Gasteiger partial charge in [0.05, 0.1) is 13.0 Å².